The van der Waals surface area contributed by atoms with Crippen molar-refractivity contribution in [2.45, 2.75) is 6.92 Å². The first kappa shape index (κ1) is 18.9. The summed E-state index contributed by atoms with van der Waals surface area (Å²) in [5.74, 6) is -0.157. The van der Waals surface area contributed by atoms with E-state index in [2.05, 4.69) is 15.6 Å². The molecule has 0 spiro atoms. The van der Waals surface area contributed by atoms with Crippen molar-refractivity contribution >= 4 is 45.6 Å². The second-order valence-electron chi connectivity index (χ2n) is 5.66. The number of carbonyl (C=O) groups is 2. The summed E-state index contributed by atoms with van der Waals surface area (Å²) in [5.41, 5.74) is 2.20. The van der Waals surface area contributed by atoms with E-state index in [0.29, 0.717) is 27.2 Å². The first-order valence-electron chi connectivity index (χ1n) is 7.94. The summed E-state index contributed by atoms with van der Waals surface area (Å²) in [7, 11) is 1.54. The Kier molecular flexibility index (Phi) is 5.73. The van der Waals surface area contributed by atoms with Crippen LogP contribution in [0.4, 0.5) is 10.8 Å². The highest BCUT2D eigenvalue weighted by molar-refractivity contribution is 7.14. The van der Waals surface area contributed by atoms with Crippen LogP contribution in [-0.2, 0) is 0 Å². The van der Waals surface area contributed by atoms with E-state index < -0.39 is 0 Å². The van der Waals surface area contributed by atoms with E-state index in [1.165, 1.54) is 18.4 Å². The van der Waals surface area contributed by atoms with Gasteiger partial charge in [0, 0.05) is 16.0 Å². The van der Waals surface area contributed by atoms with Crippen LogP contribution in [0.2, 0.25) is 5.02 Å². The van der Waals surface area contributed by atoms with Crippen LogP contribution in [0, 0.1) is 6.92 Å². The number of rotatable bonds is 5. The monoisotopic (exact) mass is 401 g/mol. The summed E-state index contributed by atoms with van der Waals surface area (Å²) in [6.45, 7) is 1.92. The molecule has 3 rings (SSSR count). The number of aromatic nitrogens is 1. The molecule has 2 aromatic carbocycles. The maximum atomic E-state index is 12.5. The van der Waals surface area contributed by atoms with Crippen molar-refractivity contribution in [3.05, 3.63) is 69.7 Å². The molecule has 0 aliphatic heterocycles. The fourth-order valence-corrected chi connectivity index (χ4v) is 3.12. The summed E-state index contributed by atoms with van der Waals surface area (Å²) in [6, 6.07) is 12.0. The Morgan fingerprint density at radius 2 is 1.81 bits per heavy atom. The number of carbonyl (C=O) groups excluding carboxylic acids is 2. The lowest BCUT2D eigenvalue weighted by Crippen LogP contribution is -2.14. The largest absolute Gasteiger partial charge is 0.495 e. The third-order valence-electron chi connectivity index (χ3n) is 3.67. The Labute approximate surface area is 165 Å². The van der Waals surface area contributed by atoms with Gasteiger partial charge < -0.3 is 10.1 Å². The molecular formula is C19H16ClN3O3S. The van der Waals surface area contributed by atoms with Gasteiger partial charge >= 0.3 is 0 Å². The van der Waals surface area contributed by atoms with E-state index in [-0.39, 0.29) is 17.5 Å². The van der Waals surface area contributed by atoms with Gasteiger partial charge in [0.05, 0.1) is 12.8 Å². The van der Waals surface area contributed by atoms with Crippen LogP contribution in [0.3, 0.4) is 0 Å². The van der Waals surface area contributed by atoms with E-state index in [0.717, 1.165) is 5.56 Å². The zero-order valence-electron chi connectivity index (χ0n) is 14.6. The Morgan fingerprint density at radius 3 is 2.52 bits per heavy atom. The molecule has 0 fully saturated rings. The van der Waals surface area contributed by atoms with E-state index in [1.54, 1.807) is 35.7 Å². The molecule has 0 atom stereocenters. The zero-order chi connectivity index (χ0) is 19.4. The normalized spacial score (nSPS) is 10.3. The van der Waals surface area contributed by atoms with Gasteiger partial charge in [0.2, 0.25) is 0 Å². The van der Waals surface area contributed by atoms with E-state index in [4.69, 9.17) is 16.3 Å². The van der Waals surface area contributed by atoms with E-state index in [9.17, 15) is 9.59 Å². The predicted octanol–water partition coefficient (Wildman–Crippen LogP) is 4.62. The van der Waals surface area contributed by atoms with E-state index in [1.807, 2.05) is 19.1 Å². The van der Waals surface area contributed by atoms with Crippen molar-refractivity contribution in [3.63, 3.8) is 0 Å². The Morgan fingerprint density at radius 1 is 1.07 bits per heavy atom. The molecule has 0 aliphatic carbocycles. The Hall–Kier alpha value is -2.90. The maximum Gasteiger partial charge on any atom is 0.275 e. The molecule has 27 heavy (non-hydrogen) atoms. The molecule has 6 nitrogen and oxygen atoms in total. The quantitative estimate of drug-likeness (QED) is 0.653. The molecule has 1 aromatic heterocycles. The van der Waals surface area contributed by atoms with Gasteiger partial charge in [-0.2, -0.15) is 0 Å². The van der Waals surface area contributed by atoms with Crippen molar-refractivity contribution in [3.8, 4) is 5.75 Å². The molecule has 138 valence electrons. The van der Waals surface area contributed by atoms with Crippen LogP contribution >= 0.6 is 22.9 Å². The van der Waals surface area contributed by atoms with Crippen LogP contribution in [0.25, 0.3) is 0 Å². The SMILES string of the molecule is COc1ccc(C)cc1NC(=O)c1csc(NC(=O)c2ccc(Cl)cc2)n1. The van der Waals surface area contributed by atoms with Crippen molar-refractivity contribution in [2.24, 2.45) is 0 Å². The molecular weight excluding hydrogens is 386 g/mol. The van der Waals surface area contributed by atoms with Crippen LogP contribution in [0.1, 0.15) is 26.4 Å². The second-order valence-corrected chi connectivity index (χ2v) is 6.95. The first-order valence-corrected chi connectivity index (χ1v) is 9.20. The highest BCUT2D eigenvalue weighted by atomic mass is 35.5. The molecule has 0 unspecified atom stereocenters. The molecule has 0 aliphatic rings. The van der Waals surface area contributed by atoms with Crippen molar-refractivity contribution in [2.75, 3.05) is 17.7 Å². The van der Waals surface area contributed by atoms with Crippen LogP contribution in [0.5, 0.6) is 5.75 Å². The average Bonchev–Trinajstić information content (AvgIpc) is 3.11. The number of hydrogen-bond donors (Lipinski definition) is 2. The molecule has 3 aromatic rings. The number of nitrogens with one attached hydrogen (secondary N) is 2. The number of hydrogen-bond acceptors (Lipinski definition) is 5. The van der Waals surface area contributed by atoms with Crippen LogP contribution < -0.4 is 15.4 Å². The Balaban J connectivity index is 1.70. The zero-order valence-corrected chi connectivity index (χ0v) is 16.1. The number of anilines is 2. The van der Waals surface area contributed by atoms with Gasteiger partial charge in [0.1, 0.15) is 11.4 Å². The molecule has 2 N–H and O–H groups in total. The van der Waals surface area contributed by atoms with Crippen LogP contribution in [-0.4, -0.2) is 23.9 Å². The summed E-state index contributed by atoms with van der Waals surface area (Å²) in [5, 5.41) is 7.90. The molecule has 0 saturated heterocycles. The minimum Gasteiger partial charge on any atom is -0.495 e. The lowest BCUT2D eigenvalue weighted by atomic mass is 10.2. The van der Waals surface area contributed by atoms with Crippen molar-refractivity contribution in [1.29, 1.82) is 0 Å². The summed E-state index contributed by atoms with van der Waals surface area (Å²) in [6.07, 6.45) is 0. The number of nitrogens with zero attached hydrogens (tertiary/aromatic N) is 1. The fourth-order valence-electron chi connectivity index (χ4n) is 2.31. The standard InChI is InChI=1S/C19H16ClN3O3S/c1-11-3-8-16(26-2)14(9-11)21-18(25)15-10-27-19(22-15)23-17(24)12-4-6-13(20)7-5-12/h3-10H,1-2H3,(H,21,25)(H,22,23,24). The van der Waals surface area contributed by atoms with Gasteiger partial charge in [-0.15, -0.1) is 11.3 Å². The fraction of sp³-hybridized carbons (Fsp3) is 0.105. The number of benzene rings is 2. The molecule has 0 saturated carbocycles. The third kappa shape index (κ3) is 4.64. The lowest BCUT2D eigenvalue weighted by molar-refractivity contribution is 0.101. The third-order valence-corrected chi connectivity index (χ3v) is 4.68. The number of thiazole rings is 1. The first-order chi connectivity index (χ1) is 13.0. The molecule has 2 amide bonds. The smallest absolute Gasteiger partial charge is 0.275 e. The number of aryl methyl sites for hydroxylation is 1. The highest BCUT2D eigenvalue weighted by Gasteiger charge is 2.15. The minimum atomic E-state index is -0.387. The van der Waals surface area contributed by atoms with Gasteiger partial charge in [-0.05, 0) is 48.9 Å². The molecule has 8 heteroatoms. The van der Waals surface area contributed by atoms with Gasteiger partial charge in [-0.1, -0.05) is 17.7 Å². The van der Waals surface area contributed by atoms with Crippen LogP contribution in [0.15, 0.2) is 47.8 Å². The number of methoxy groups -OCH3 is 1. The molecule has 1 heterocycles. The lowest BCUT2D eigenvalue weighted by Gasteiger charge is -2.10. The number of halogens is 1. The summed E-state index contributed by atoms with van der Waals surface area (Å²) >= 11 is 6.98. The summed E-state index contributed by atoms with van der Waals surface area (Å²) < 4.78 is 5.25. The van der Waals surface area contributed by atoms with Crippen molar-refractivity contribution < 1.29 is 14.3 Å². The van der Waals surface area contributed by atoms with E-state index >= 15 is 0 Å². The topological polar surface area (TPSA) is 80.3 Å². The van der Waals surface area contributed by atoms with Gasteiger partial charge in [-0.25, -0.2) is 4.98 Å². The minimum absolute atomic E-state index is 0.204. The molecule has 0 radical (unpaired) electrons. The van der Waals surface area contributed by atoms with Gasteiger partial charge in [0.25, 0.3) is 11.8 Å². The van der Waals surface area contributed by atoms with Gasteiger partial charge in [-0.3, -0.25) is 14.9 Å². The average molecular weight is 402 g/mol. The van der Waals surface area contributed by atoms with Crippen molar-refractivity contribution in [1.82, 2.24) is 4.98 Å². The Bertz CT molecular complexity index is 986. The summed E-state index contributed by atoms with van der Waals surface area (Å²) in [4.78, 5) is 28.8. The predicted molar refractivity (Wildman–Crippen MR) is 107 cm³/mol. The number of amides is 2. The second kappa shape index (κ2) is 8.20. The highest BCUT2D eigenvalue weighted by Crippen LogP contribution is 2.26. The van der Waals surface area contributed by atoms with Gasteiger partial charge in [0.15, 0.2) is 5.13 Å². The number of ether oxygens (including phenoxy) is 1. The molecule has 0 bridgehead atoms. The maximum absolute atomic E-state index is 12.5.